The number of carbonyl (C=O) groups excluding carboxylic acids is 1. The van der Waals surface area contributed by atoms with Crippen molar-refractivity contribution in [1.29, 1.82) is 0 Å². The predicted molar refractivity (Wildman–Crippen MR) is 80.2 cm³/mol. The maximum atomic E-state index is 12.1. The molecule has 0 aliphatic rings. The Hall–Kier alpha value is -2.21. The first kappa shape index (κ1) is 15.2. The molecule has 1 atom stereocenters. The van der Waals surface area contributed by atoms with Crippen LogP contribution in [0.15, 0.2) is 46.9 Å². The van der Waals surface area contributed by atoms with E-state index in [0.717, 1.165) is 0 Å². The van der Waals surface area contributed by atoms with E-state index in [-0.39, 0.29) is 5.76 Å². The molecule has 0 bridgehead atoms. The number of carboxylic acid groups (broad SMARTS) is 1. The quantitative estimate of drug-likeness (QED) is 0.857. The summed E-state index contributed by atoms with van der Waals surface area (Å²) in [6.45, 7) is 0. The van der Waals surface area contributed by atoms with Crippen molar-refractivity contribution >= 4 is 23.6 Å². The van der Waals surface area contributed by atoms with Gasteiger partial charge in [0.2, 0.25) is 0 Å². The second-order valence-electron chi connectivity index (χ2n) is 4.35. The lowest BCUT2D eigenvalue weighted by molar-refractivity contribution is -0.139. The third-order valence-corrected chi connectivity index (χ3v) is 3.40. The fourth-order valence-electron chi connectivity index (χ4n) is 1.86. The van der Waals surface area contributed by atoms with Gasteiger partial charge in [0, 0.05) is 0 Å². The zero-order chi connectivity index (χ0) is 15.2. The molecule has 0 radical (unpaired) electrons. The summed E-state index contributed by atoms with van der Waals surface area (Å²) in [6, 6.07) is 10.7. The Kier molecular flexibility index (Phi) is 5.05. The van der Waals surface area contributed by atoms with Gasteiger partial charge in [-0.05, 0) is 24.0 Å². The van der Waals surface area contributed by atoms with Crippen molar-refractivity contribution in [3.63, 3.8) is 0 Å². The Morgan fingerprint density at radius 1 is 1.24 bits per heavy atom. The first-order valence-corrected chi connectivity index (χ1v) is 7.67. The molecule has 6 heteroatoms. The molecule has 1 aromatic carbocycles. The van der Waals surface area contributed by atoms with Crippen LogP contribution in [-0.4, -0.2) is 23.2 Å². The Bertz CT molecular complexity index is 624. The van der Waals surface area contributed by atoms with E-state index in [9.17, 15) is 14.7 Å². The van der Waals surface area contributed by atoms with Crippen molar-refractivity contribution in [2.45, 2.75) is 11.8 Å². The second-order valence-corrected chi connectivity index (χ2v) is 5.22. The maximum absolute atomic E-state index is 12.1. The number of nitrogens with one attached hydrogen (secondary N) is 1. The van der Waals surface area contributed by atoms with Crippen molar-refractivity contribution < 1.29 is 19.1 Å². The van der Waals surface area contributed by atoms with E-state index in [1.165, 1.54) is 0 Å². The van der Waals surface area contributed by atoms with Crippen molar-refractivity contribution in [1.82, 2.24) is 5.32 Å². The number of aliphatic carboxylic acids is 1. The molecule has 0 spiro atoms. The Balaban J connectivity index is 2.13. The smallest absolute Gasteiger partial charge is 0.330 e. The summed E-state index contributed by atoms with van der Waals surface area (Å²) in [5, 5.41) is 11.7. The number of hydrogen-bond donors (Lipinski definition) is 2. The molecule has 0 saturated heterocycles. The molecule has 1 amide bonds. The van der Waals surface area contributed by atoms with Crippen LogP contribution in [-0.2, 0) is 10.5 Å². The van der Waals surface area contributed by atoms with E-state index < -0.39 is 17.9 Å². The monoisotopic (exact) mass is 305 g/mol. The third-order valence-electron chi connectivity index (χ3n) is 2.83. The largest absolute Gasteiger partial charge is 0.479 e. The lowest BCUT2D eigenvalue weighted by Crippen LogP contribution is -2.33. The van der Waals surface area contributed by atoms with Crippen molar-refractivity contribution in [3.05, 3.63) is 59.5 Å². The fraction of sp³-hybridized carbons (Fsp3) is 0.200. The van der Waals surface area contributed by atoms with E-state index in [1.54, 1.807) is 54.2 Å². The lowest BCUT2D eigenvalue weighted by atomic mass is 10.1. The molecule has 110 valence electrons. The topological polar surface area (TPSA) is 79.5 Å². The minimum atomic E-state index is -1.12. The summed E-state index contributed by atoms with van der Waals surface area (Å²) < 4.78 is 5.38. The Labute approximate surface area is 126 Å². The number of hydrogen-bond acceptors (Lipinski definition) is 4. The van der Waals surface area contributed by atoms with Gasteiger partial charge in [-0.25, -0.2) is 4.79 Å². The molecule has 0 unspecified atom stereocenters. The van der Waals surface area contributed by atoms with Gasteiger partial charge < -0.3 is 14.8 Å². The van der Waals surface area contributed by atoms with E-state index in [1.807, 2.05) is 6.26 Å². The third kappa shape index (κ3) is 3.88. The number of rotatable bonds is 6. The molecule has 1 heterocycles. The zero-order valence-electron chi connectivity index (χ0n) is 11.4. The molecule has 21 heavy (non-hydrogen) atoms. The highest BCUT2D eigenvalue weighted by Crippen LogP contribution is 2.16. The van der Waals surface area contributed by atoms with Crippen LogP contribution in [0.3, 0.4) is 0 Å². The number of carboxylic acids is 1. The number of amides is 1. The van der Waals surface area contributed by atoms with Crippen LogP contribution >= 0.6 is 11.8 Å². The van der Waals surface area contributed by atoms with E-state index in [2.05, 4.69) is 5.32 Å². The summed E-state index contributed by atoms with van der Waals surface area (Å²) in [5.74, 6) is -0.210. The predicted octanol–water partition coefficient (Wildman–Crippen LogP) is 2.70. The van der Waals surface area contributed by atoms with E-state index >= 15 is 0 Å². The van der Waals surface area contributed by atoms with E-state index in [0.29, 0.717) is 17.1 Å². The van der Waals surface area contributed by atoms with Gasteiger partial charge in [-0.3, -0.25) is 4.79 Å². The van der Waals surface area contributed by atoms with Crippen molar-refractivity contribution in [3.8, 4) is 0 Å². The molecular weight excluding hydrogens is 290 g/mol. The number of furan rings is 1. The van der Waals surface area contributed by atoms with E-state index in [4.69, 9.17) is 4.42 Å². The normalized spacial score (nSPS) is 11.9. The van der Waals surface area contributed by atoms with Crippen LogP contribution in [0.4, 0.5) is 0 Å². The number of carbonyl (C=O) groups is 2. The number of benzene rings is 1. The highest BCUT2D eigenvalue weighted by Gasteiger charge is 2.23. The van der Waals surface area contributed by atoms with Gasteiger partial charge in [0.15, 0.2) is 11.8 Å². The highest BCUT2D eigenvalue weighted by atomic mass is 32.2. The summed E-state index contributed by atoms with van der Waals surface area (Å²) in [5.41, 5.74) is 0.509. The molecule has 0 aliphatic heterocycles. The summed E-state index contributed by atoms with van der Waals surface area (Å²) >= 11 is 1.58. The van der Waals surface area contributed by atoms with Crippen LogP contribution in [0.25, 0.3) is 0 Å². The summed E-state index contributed by atoms with van der Waals surface area (Å²) in [6.07, 6.45) is 1.93. The minimum Gasteiger partial charge on any atom is -0.479 e. The van der Waals surface area contributed by atoms with Crippen LogP contribution < -0.4 is 5.32 Å². The van der Waals surface area contributed by atoms with Gasteiger partial charge in [0.05, 0.1) is 5.75 Å². The van der Waals surface area contributed by atoms with Gasteiger partial charge in [-0.1, -0.05) is 30.3 Å². The van der Waals surface area contributed by atoms with Crippen LogP contribution in [0.1, 0.15) is 27.9 Å². The standard InChI is InChI=1S/C15H15NO4S/c1-21-9-11-7-8-12(20-11)14(17)16-13(15(18)19)10-5-3-2-4-6-10/h2-8,13H,9H2,1H3,(H,16,17)(H,18,19)/t13-/m0/s1. The van der Waals surface area contributed by atoms with Crippen LogP contribution in [0.2, 0.25) is 0 Å². The maximum Gasteiger partial charge on any atom is 0.330 e. The second kappa shape index (κ2) is 6.99. The first-order chi connectivity index (χ1) is 10.1. The van der Waals surface area contributed by atoms with Gasteiger partial charge in [-0.15, -0.1) is 0 Å². The van der Waals surface area contributed by atoms with Crippen molar-refractivity contribution in [2.75, 3.05) is 6.26 Å². The molecule has 2 N–H and O–H groups in total. The lowest BCUT2D eigenvalue weighted by Gasteiger charge is -2.13. The highest BCUT2D eigenvalue weighted by molar-refractivity contribution is 7.97. The number of thioether (sulfide) groups is 1. The molecule has 0 fully saturated rings. The molecule has 2 aromatic rings. The Morgan fingerprint density at radius 3 is 2.57 bits per heavy atom. The SMILES string of the molecule is CSCc1ccc(C(=O)N[C@H](C(=O)O)c2ccccc2)o1. The molecule has 0 aliphatic carbocycles. The van der Waals surface area contributed by atoms with Gasteiger partial charge in [-0.2, -0.15) is 11.8 Å². The molecule has 0 saturated carbocycles. The zero-order valence-corrected chi connectivity index (χ0v) is 12.2. The minimum absolute atomic E-state index is 0.112. The van der Waals surface area contributed by atoms with Crippen LogP contribution in [0.5, 0.6) is 0 Å². The summed E-state index contributed by atoms with van der Waals surface area (Å²) in [4.78, 5) is 23.4. The van der Waals surface area contributed by atoms with Crippen LogP contribution in [0, 0.1) is 0 Å². The first-order valence-electron chi connectivity index (χ1n) is 6.28. The van der Waals surface area contributed by atoms with Gasteiger partial charge in [0.25, 0.3) is 5.91 Å². The Morgan fingerprint density at radius 2 is 1.95 bits per heavy atom. The molecule has 1 aromatic heterocycles. The molecule has 2 rings (SSSR count). The average molecular weight is 305 g/mol. The van der Waals surface area contributed by atoms with Gasteiger partial charge >= 0.3 is 5.97 Å². The average Bonchev–Trinajstić information content (AvgIpc) is 2.94. The molecule has 5 nitrogen and oxygen atoms in total. The molecular formula is C15H15NO4S. The van der Waals surface area contributed by atoms with Gasteiger partial charge in [0.1, 0.15) is 5.76 Å². The fourth-order valence-corrected chi connectivity index (χ4v) is 2.29. The van der Waals surface area contributed by atoms with Crippen molar-refractivity contribution in [2.24, 2.45) is 0 Å². The summed E-state index contributed by atoms with van der Waals surface area (Å²) in [7, 11) is 0.